The number of benzene rings is 2. The lowest BCUT2D eigenvalue weighted by Crippen LogP contribution is -2.47. The fourth-order valence-electron chi connectivity index (χ4n) is 5.64. The van der Waals surface area contributed by atoms with E-state index in [9.17, 15) is 28.8 Å². The number of alkyl carbamates (subject to hydrolysis) is 2. The van der Waals surface area contributed by atoms with Crippen molar-refractivity contribution in [1.82, 2.24) is 15.5 Å². The van der Waals surface area contributed by atoms with Gasteiger partial charge in [-0.05, 0) is 146 Å². The van der Waals surface area contributed by atoms with E-state index in [0.717, 1.165) is 23.1 Å². The third kappa shape index (κ3) is 12.1. The third-order valence-electron chi connectivity index (χ3n) is 8.26. The largest absolute Gasteiger partial charge is 0.444 e. The number of nitrogens with zero attached hydrogens (tertiary/aromatic N) is 2. The summed E-state index contributed by atoms with van der Waals surface area (Å²) in [5, 5.41) is 6.67. The highest BCUT2D eigenvalue weighted by molar-refractivity contribution is 7.12. The van der Waals surface area contributed by atoms with E-state index in [2.05, 4.69) is 15.6 Å². The third-order valence-corrected chi connectivity index (χ3v) is 9.34. The highest BCUT2D eigenvalue weighted by atomic mass is 32.1. The Bertz CT molecular complexity index is 1900. The van der Waals surface area contributed by atoms with Crippen LogP contribution in [0, 0.1) is 0 Å². The van der Waals surface area contributed by atoms with Crippen LogP contribution in [0.3, 0.4) is 0 Å². The molecule has 0 saturated heterocycles. The lowest BCUT2D eigenvalue weighted by Gasteiger charge is -2.28. The molecule has 54 heavy (non-hydrogen) atoms. The van der Waals surface area contributed by atoms with Crippen LogP contribution in [0.5, 0.6) is 5.75 Å². The van der Waals surface area contributed by atoms with E-state index in [1.807, 2.05) is 11.4 Å². The van der Waals surface area contributed by atoms with E-state index in [1.165, 1.54) is 49.4 Å². The SMILES string of the molecule is CC(=O)c1cc(CN(C(=O)CC2CCc3cc(OC(=O)c4ccc(N=C(NC(=O)OC(C)(C)C)NC(=O)OC(C)(C)C)cc4)ccc32)[C@H](C)C(C)=O)cs1. The number of amides is 3. The molecule has 3 aromatic rings. The van der Waals surface area contributed by atoms with E-state index in [4.69, 9.17) is 14.2 Å². The predicted octanol–water partition coefficient (Wildman–Crippen LogP) is 7.63. The van der Waals surface area contributed by atoms with Gasteiger partial charge in [-0.25, -0.2) is 19.4 Å². The molecule has 1 aromatic heterocycles. The second-order valence-corrected chi connectivity index (χ2v) is 16.0. The lowest BCUT2D eigenvalue weighted by atomic mass is 9.96. The molecule has 2 N–H and O–H groups in total. The molecular weight excluding hydrogens is 713 g/mol. The number of nitrogens with one attached hydrogen (secondary N) is 2. The first-order valence-corrected chi connectivity index (χ1v) is 18.5. The first-order chi connectivity index (χ1) is 25.2. The van der Waals surface area contributed by atoms with Gasteiger partial charge in [-0.1, -0.05) is 6.07 Å². The van der Waals surface area contributed by atoms with Crippen LogP contribution in [0.25, 0.3) is 0 Å². The van der Waals surface area contributed by atoms with E-state index < -0.39 is 35.4 Å². The Kier molecular flexibility index (Phi) is 13.2. The van der Waals surface area contributed by atoms with Crippen LogP contribution in [0.4, 0.5) is 15.3 Å². The summed E-state index contributed by atoms with van der Waals surface area (Å²) in [6.07, 6.45) is -0.0487. The van der Waals surface area contributed by atoms with E-state index in [-0.39, 0.29) is 47.9 Å². The molecule has 288 valence electrons. The molecule has 4 rings (SSSR count). The van der Waals surface area contributed by atoms with E-state index in [1.54, 1.807) is 71.6 Å². The molecule has 1 aliphatic rings. The number of carbonyl (C=O) groups excluding carboxylic acids is 6. The van der Waals surface area contributed by atoms with Crippen molar-refractivity contribution in [1.29, 1.82) is 0 Å². The molecule has 0 radical (unpaired) electrons. The monoisotopic (exact) mass is 760 g/mol. The van der Waals surface area contributed by atoms with E-state index >= 15 is 0 Å². The van der Waals surface area contributed by atoms with Gasteiger partial charge in [0.2, 0.25) is 11.9 Å². The minimum Gasteiger partial charge on any atom is -0.444 e. The number of fused-ring (bicyclic) bond motifs is 1. The van der Waals surface area contributed by atoms with Crippen LogP contribution in [0.15, 0.2) is 58.9 Å². The Balaban J connectivity index is 1.42. The highest BCUT2D eigenvalue weighted by Crippen LogP contribution is 2.38. The number of aryl methyl sites for hydroxylation is 1. The quantitative estimate of drug-likeness (QED) is 0.0694. The number of esters is 1. The van der Waals surface area contributed by atoms with Crippen LogP contribution < -0.4 is 15.4 Å². The van der Waals surface area contributed by atoms with Gasteiger partial charge in [-0.15, -0.1) is 11.3 Å². The molecule has 14 heteroatoms. The average Bonchev–Trinajstić information content (AvgIpc) is 3.68. The fourth-order valence-corrected chi connectivity index (χ4v) is 6.45. The van der Waals surface area contributed by atoms with Gasteiger partial charge in [-0.2, -0.15) is 0 Å². The molecule has 1 heterocycles. The van der Waals surface area contributed by atoms with Gasteiger partial charge < -0.3 is 19.1 Å². The lowest BCUT2D eigenvalue weighted by molar-refractivity contribution is -0.139. The molecule has 0 saturated carbocycles. The Morgan fingerprint density at radius 2 is 1.50 bits per heavy atom. The van der Waals surface area contributed by atoms with Gasteiger partial charge in [0.25, 0.3) is 0 Å². The number of ketones is 2. The normalized spacial score (nSPS) is 14.2. The number of Topliss-reactive ketones (excluding diaryl/α,β-unsaturated/α-hetero) is 2. The number of hydrogen-bond acceptors (Lipinski definition) is 11. The molecule has 1 unspecified atom stereocenters. The molecule has 0 aliphatic heterocycles. The number of ether oxygens (including phenoxy) is 3. The molecular formula is C40H48N4O9S. The summed E-state index contributed by atoms with van der Waals surface area (Å²) in [4.78, 5) is 82.2. The van der Waals surface area contributed by atoms with Crippen molar-refractivity contribution in [3.05, 3.63) is 81.0 Å². The summed E-state index contributed by atoms with van der Waals surface area (Å²) in [5.41, 5.74) is 1.72. The molecule has 13 nitrogen and oxygen atoms in total. The second kappa shape index (κ2) is 17.2. The smallest absolute Gasteiger partial charge is 0.414 e. The molecule has 2 aromatic carbocycles. The molecule has 2 atom stereocenters. The summed E-state index contributed by atoms with van der Waals surface area (Å²) >= 11 is 1.32. The zero-order chi connectivity index (χ0) is 40.0. The fraction of sp³-hybridized carbons (Fsp3) is 0.425. The van der Waals surface area contributed by atoms with E-state index in [0.29, 0.717) is 22.7 Å². The number of hydrogen-bond donors (Lipinski definition) is 2. The first-order valence-electron chi connectivity index (χ1n) is 17.6. The van der Waals surface area contributed by atoms with Gasteiger partial charge in [0.15, 0.2) is 11.6 Å². The number of rotatable bonds is 10. The van der Waals surface area contributed by atoms with Gasteiger partial charge >= 0.3 is 18.2 Å². The summed E-state index contributed by atoms with van der Waals surface area (Å²) < 4.78 is 16.2. The molecule has 0 fully saturated rings. The first kappa shape index (κ1) is 41.4. The molecule has 1 aliphatic carbocycles. The standard InChI is InChI=1S/C40H48N4O9S/c1-23(24(2)45)44(21-26-18-33(25(3)46)54-22-26)34(47)20-29-11-10-28-19-31(16-17-32(28)29)51-35(48)27-12-14-30(15-13-27)41-36(42-37(49)52-39(4,5)6)43-38(50)53-40(7,8)9/h12-19,22-23,29H,10-11,20-21H2,1-9H3,(H2,41,42,43,49,50)/t23-,29?/m1/s1. The number of thiophene rings is 1. The summed E-state index contributed by atoms with van der Waals surface area (Å²) in [7, 11) is 0. The number of carbonyl (C=O) groups is 6. The van der Waals surface area contributed by atoms with Crippen molar-refractivity contribution in [3.63, 3.8) is 0 Å². The van der Waals surface area contributed by atoms with Gasteiger partial charge in [0.1, 0.15) is 17.0 Å². The zero-order valence-corrected chi connectivity index (χ0v) is 33.0. The van der Waals surface area contributed by atoms with Crippen molar-refractivity contribution in [2.24, 2.45) is 4.99 Å². The maximum absolute atomic E-state index is 13.6. The minimum absolute atomic E-state index is 0.0461. The summed E-state index contributed by atoms with van der Waals surface area (Å²) in [6.45, 7) is 15.1. The highest BCUT2D eigenvalue weighted by Gasteiger charge is 2.31. The van der Waals surface area contributed by atoms with Crippen LogP contribution >= 0.6 is 11.3 Å². The molecule has 0 spiro atoms. The maximum Gasteiger partial charge on any atom is 0.414 e. The topological polar surface area (TPSA) is 170 Å². The van der Waals surface area contributed by atoms with Gasteiger partial charge in [-0.3, -0.25) is 25.0 Å². The maximum atomic E-state index is 13.6. The number of aliphatic imine (C=N–C) groups is 1. The Labute approximate surface area is 319 Å². The van der Waals surface area contributed by atoms with Crippen molar-refractivity contribution in [3.8, 4) is 5.75 Å². The zero-order valence-electron chi connectivity index (χ0n) is 32.2. The van der Waals surface area contributed by atoms with Crippen molar-refractivity contribution in [2.75, 3.05) is 0 Å². The van der Waals surface area contributed by atoms with Crippen LogP contribution in [0.2, 0.25) is 0 Å². The molecule has 3 amide bonds. The average molecular weight is 761 g/mol. The minimum atomic E-state index is -0.839. The van der Waals surface area contributed by atoms with Crippen molar-refractivity contribution < 1.29 is 43.0 Å². The Morgan fingerprint density at radius 1 is 0.889 bits per heavy atom. The number of guanidine groups is 1. The Morgan fingerprint density at radius 3 is 2.04 bits per heavy atom. The predicted molar refractivity (Wildman–Crippen MR) is 204 cm³/mol. The van der Waals surface area contributed by atoms with Gasteiger partial charge in [0, 0.05) is 13.0 Å². The summed E-state index contributed by atoms with van der Waals surface area (Å²) in [6, 6.07) is 12.6. The van der Waals surface area contributed by atoms with Crippen LogP contribution in [0.1, 0.15) is 118 Å². The van der Waals surface area contributed by atoms with Crippen LogP contribution in [-0.4, -0.2) is 63.7 Å². The van der Waals surface area contributed by atoms with Crippen molar-refractivity contribution in [2.45, 2.75) is 111 Å². The summed E-state index contributed by atoms with van der Waals surface area (Å²) in [5.74, 6) is -0.882. The van der Waals surface area contributed by atoms with Crippen molar-refractivity contribution >= 4 is 58.6 Å². The molecule has 0 bridgehead atoms. The van der Waals surface area contributed by atoms with Gasteiger partial charge in [0.05, 0.1) is 22.2 Å². The Hall–Kier alpha value is -5.37. The van der Waals surface area contributed by atoms with Crippen LogP contribution in [-0.2, 0) is 32.0 Å². The second-order valence-electron chi connectivity index (χ2n) is 15.1.